The van der Waals surface area contributed by atoms with Gasteiger partial charge in [0.25, 0.3) is 0 Å². The van der Waals surface area contributed by atoms with Crippen LogP contribution in [-0.2, 0) is 6.42 Å². The van der Waals surface area contributed by atoms with Gasteiger partial charge < -0.3 is 0 Å². The third kappa shape index (κ3) is 3.73. The van der Waals surface area contributed by atoms with Crippen molar-refractivity contribution >= 4 is 27.5 Å². The molecule has 2 aromatic rings. The van der Waals surface area contributed by atoms with Crippen LogP contribution in [0.5, 0.6) is 0 Å². The van der Waals surface area contributed by atoms with Crippen LogP contribution in [0.2, 0.25) is 5.02 Å². The van der Waals surface area contributed by atoms with E-state index in [1.54, 1.807) is 24.5 Å². The number of hydrazine groups is 1. The van der Waals surface area contributed by atoms with Crippen LogP contribution in [0.1, 0.15) is 17.2 Å². The zero-order chi connectivity index (χ0) is 13.8. The molecule has 0 spiro atoms. The van der Waals surface area contributed by atoms with E-state index >= 15 is 0 Å². The summed E-state index contributed by atoms with van der Waals surface area (Å²) in [6.45, 7) is 0. The van der Waals surface area contributed by atoms with Crippen molar-refractivity contribution in [1.29, 1.82) is 0 Å². The Morgan fingerprint density at radius 3 is 2.79 bits per heavy atom. The van der Waals surface area contributed by atoms with Gasteiger partial charge in [-0.15, -0.1) is 0 Å². The number of hydrogen-bond donors (Lipinski definition) is 2. The molecule has 0 bridgehead atoms. The second kappa shape index (κ2) is 6.43. The molecule has 1 heterocycles. The highest BCUT2D eigenvalue weighted by Gasteiger charge is 2.14. The van der Waals surface area contributed by atoms with E-state index in [-0.39, 0.29) is 11.9 Å². The summed E-state index contributed by atoms with van der Waals surface area (Å²) >= 11 is 9.08. The molecule has 0 saturated heterocycles. The topological polar surface area (TPSA) is 50.9 Å². The monoisotopic (exact) mass is 343 g/mol. The van der Waals surface area contributed by atoms with Crippen LogP contribution in [0, 0.1) is 5.82 Å². The third-order valence-electron chi connectivity index (χ3n) is 2.77. The van der Waals surface area contributed by atoms with Gasteiger partial charge in [-0.3, -0.25) is 16.3 Å². The van der Waals surface area contributed by atoms with Crippen molar-refractivity contribution in [3.05, 3.63) is 63.1 Å². The number of benzene rings is 1. The molecule has 0 radical (unpaired) electrons. The van der Waals surface area contributed by atoms with Crippen LogP contribution < -0.4 is 11.3 Å². The summed E-state index contributed by atoms with van der Waals surface area (Å²) in [6, 6.07) is 6.29. The fourth-order valence-electron chi connectivity index (χ4n) is 1.80. The predicted molar refractivity (Wildman–Crippen MR) is 77.1 cm³/mol. The van der Waals surface area contributed by atoms with E-state index in [0.717, 1.165) is 10.0 Å². The molecule has 0 aliphatic heterocycles. The van der Waals surface area contributed by atoms with Crippen LogP contribution >= 0.6 is 27.5 Å². The SMILES string of the molecule is NNC(Cc1ccc(Cl)cc1F)c1cncc(Br)c1. The minimum absolute atomic E-state index is 0.222. The molecule has 1 atom stereocenters. The van der Waals surface area contributed by atoms with Crippen molar-refractivity contribution in [3.63, 3.8) is 0 Å². The number of nitrogens with one attached hydrogen (secondary N) is 1. The largest absolute Gasteiger partial charge is 0.271 e. The Bertz CT molecular complexity index is 580. The molecule has 100 valence electrons. The van der Waals surface area contributed by atoms with E-state index < -0.39 is 0 Å². The summed E-state index contributed by atoms with van der Waals surface area (Å²) < 4.78 is 14.6. The van der Waals surface area contributed by atoms with Crippen LogP contribution in [0.15, 0.2) is 41.1 Å². The maximum absolute atomic E-state index is 13.8. The Hall–Kier alpha value is -1.01. The highest BCUT2D eigenvalue weighted by molar-refractivity contribution is 9.10. The summed E-state index contributed by atoms with van der Waals surface area (Å²) in [4.78, 5) is 4.07. The molecule has 0 fully saturated rings. The molecule has 0 amide bonds. The molecule has 1 aromatic heterocycles. The fourth-order valence-corrected chi connectivity index (χ4v) is 2.34. The average Bonchev–Trinajstić information content (AvgIpc) is 2.38. The Labute approximate surface area is 124 Å². The fraction of sp³-hybridized carbons (Fsp3) is 0.154. The van der Waals surface area contributed by atoms with Crippen molar-refractivity contribution in [2.75, 3.05) is 0 Å². The second-order valence-electron chi connectivity index (χ2n) is 4.10. The molecule has 19 heavy (non-hydrogen) atoms. The van der Waals surface area contributed by atoms with Crippen molar-refractivity contribution in [2.24, 2.45) is 5.84 Å². The van der Waals surface area contributed by atoms with Crippen LogP contribution in [-0.4, -0.2) is 4.98 Å². The van der Waals surface area contributed by atoms with Gasteiger partial charge in [-0.05, 0) is 51.7 Å². The number of halogens is 3. The van der Waals surface area contributed by atoms with E-state index in [9.17, 15) is 4.39 Å². The lowest BCUT2D eigenvalue weighted by Crippen LogP contribution is -2.29. The van der Waals surface area contributed by atoms with Gasteiger partial charge in [0.2, 0.25) is 0 Å². The van der Waals surface area contributed by atoms with Gasteiger partial charge >= 0.3 is 0 Å². The Kier molecular flexibility index (Phi) is 4.87. The highest BCUT2D eigenvalue weighted by Crippen LogP contribution is 2.23. The van der Waals surface area contributed by atoms with Crippen molar-refractivity contribution in [1.82, 2.24) is 10.4 Å². The highest BCUT2D eigenvalue weighted by atomic mass is 79.9. The van der Waals surface area contributed by atoms with Gasteiger partial charge in [-0.25, -0.2) is 4.39 Å². The van der Waals surface area contributed by atoms with Gasteiger partial charge in [-0.1, -0.05) is 17.7 Å². The molecule has 0 saturated carbocycles. The maximum atomic E-state index is 13.8. The summed E-state index contributed by atoms with van der Waals surface area (Å²) in [6.07, 6.45) is 3.79. The molecular weight excluding hydrogens is 333 g/mol. The number of hydrogen-bond acceptors (Lipinski definition) is 3. The molecule has 0 aliphatic carbocycles. The summed E-state index contributed by atoms with van der Waals surface area (Å²) in [5, 5.41) is 0.377. The van der Waals surface area contributed by atoms with E-state index in [1.807, 2.05) is 6.07 Å². The zero-order valence-corrected chi connectivity index (χ0v) is 12.2. The molecule has 6 heteroatoms. The number of rotatable bonds is 4. The van der Waals surface area contributed by atoms with E-state index in [2.05, 4.69) is 26.3 Å². The molecule has 3 N–H and O–H groups in total. The minimum Gasteiger partial charge on any atom is -0.271 e. The molecule has 0 aliphatic rings. The van der Waals surface area contributed by atoms with E-state index in [4.69, 9.17) is 17.4 Å². The van der Waals surface area contributed by atoms with E-state index in [0.29, 0.717) is 17.0 Å². The maximum Gasteiger partial charge on any atom is 0.127 e. The van der Waals surface area contributed by atoms with Gasteiger partial charge in [-0.2, -0.15) is 0 Å². The van der Waals surface area contributed by atoms with Crippen molar-refractivity contribution in [3.8, 4) is 0 Å². The Balaban J connectivity index is 2.24. The first kappa shape index (κ1) is 14.4. The summed E-state index contributed by atoms with van der Waals surface area (Å²) in [7, 11) is 0. The quantitative estimate of drug-likeness (QED) is 0.660. The number of aromatic nitrogens is 1. The lowest BCUT2D eigenvalue weighted by Gasteiger charge is -2.16. The average molecular weight is 345 g/mol. The first-order valence-corrected chi connectivity index (χ1v) is 6.77. The smallest absolute Gasteiger partial charge is 0.127 e. The standard InChI is InChI=1S/C13H12BrClFN3/c14-10-3-9(6-18-7-10)13(19-17)4-8-1-2-11(15)5-12(8)16/h1-3,5-7,13,19H,4,17H2. The first-order chi connectivity index (χ1) is 9.10. The normalized spacial score (nSPS) is 12.4. The van der Waals surface area contributed by atoms with Gasteiger partial charge in [0, 0.05) is 21.9 Å². The van der Waals surface area contributed by atoms with Crippen molar-refractivity contribution < 1.29 is 4.39 Å². The molecule has 3 nitrogen and oxygen atoms in total. The number of pyridine rings is 1. The predicted octanol–water partition coefficient (Wildman–Crippen LogP) is 3.38. The molecular formula is C13H12BrClFN3. The van der Waals surface area contributed by atoms with Gasteiger partial charge in [0.1, 0.15) is 5.82 Å². The van der Waals surface area contributed by atoms with Crippen LogP contribution in [0.4, 0.5) is 4.39 Å². The lowest BCUT2D eigenvalue weighted by atomic mass is 10.0. The van der Waals surface area contributed by atoms with E-state index in [1.165, 1.54) is 6.07 Å². The summed E-state index contributed by atoms with van der Waals surface area (Å²) in [5.41, 5.74) is 4.10. The molecule has 1 aromatic carbocycles. The minimum atomic E-state index is -0.337. The number of nitrogens with two attached hydrogens (primary N) is 1. The lowest BCUT2D eigenvalue weighted by molar-refractivity contribution is 0.527. The van der Waals surface area contributed by atoms with Gasteiger partial charge in [0.05, 0.1) is 6.04 Å². The number of nitrogens with zero attached hydrogens (tertiary/aromatic N) is 1. The second-order valence-corrected chi connectivity index (χ2v) is 5.45. The van der Waals surface area contributed by atoms with Crippen LogP contribution in [0.25, 0.3) is 0 Å². The molecule has 1 unspecified atom stereocenters. The summed E-state index contributed by atoms with van der Waals surface area (Å²) in [5.74, 6) is 5.20. The Morgan fingerprint density at radius 1 is 1.37 bits per heavy atom. The zero-order valence-electron chi connectivity index (χ0n) is 9.91. The third-order valence-corrected chi connectivity index (χ3v) is 3.44. The van der Waals surface area contributed by atoms with Gasteiger partial charge in [0.15, 0.2) is 0 Å². The van der Waals surface area contributed by atoms with Crippen molar-refractivity contribution in [2.45, 2.75) is 12.5 Å². The Morgan fingerprint density at radius 2 is 2.16 bits per heavy atom. The first-order valence-electron chi connectivity index (χ1n) is 5.60. The molecule has 2 rings (SSSR count). The van der Waals surface area contributed by atoms with Crippen LogP contribution in [0.3, 0.4) is 0 Å².